The fourth-order valence-electron chi connectivity index (χ4n) is 2.83. The lowest BCUT2D eigenvalue weighted by atomic mass is 10.1. The van der Waals surface area contributed by atoms with Gasteiger partial charge in [-0.15, -0.1) is 0 Å². The molecule has 1 fully saturated rings. The molecule has 0 bridgehead atoms. The third-order valence-corrected chi connectivity index (χ3v) is 7.24. The van der Waals surface area contributed by atoms with Crippen LogP contribution in [-0.4, -0.2) is 82.3 Å². The zero-order valence-electron chi connectivity index (χ0n) is 17.2. The zero-order valence-corrected chi connectivity index (χ0v) is 18.0. The average Bonchev–Trinajstić information content (AvgIpc) is 2.55. The van der Waals surface area contributed by atoms with E-state index in [1.807, 2.05) is 6.92 Å². The second-order valence-electron chi connectivity index (χ2n) is 7.80. The number of likely N-dealkylation sites (tertiary alicyclic amines) is 1. The first-order valence-electron chi connectivity index (χ1n) is 9.68. The van der Waals surface area contributed by atoms with Crippen molar-refractivity contribution in [2.45, 2.75) is 57.7 Å². The highest BCUT2D eigenvalue weighted by Crippen LogP contribution is 2.15. The molecule has 1 saturated heterocycles. The lowest BCUT2D eigenvalue weighted by Gasteiger charge is -2.33. The van der Waals surface area contributed by atoms with E-state index >= 15 is 0 Å². The lowest BCUT2D eigenvalue weighted by Crippen LogP contribution is -2.49. The standard InChI is InChI=1S/C18H38N4O3S/c1-6-19-17(20-10-15-26(23,24)18(2,3)4)21-16-8-12-22(13-9-16)11-7-14-25-5/h16H,6-15H2,1-5H3,(H2,19,20,21). The molecule has 2 N–H and O–H groups in total. The summed E-state index contributed by atoms with van der Waals surface area (Å²) >= 11 is 0. The van der Waals surface area contributed by atoms with Crippen LogP contribution in [-0.2, 0) is 14.6 Å². The van der Waals surface area contributed by atoms with E-state index in [1.54, 1.807) is 27.9 Å². The number of guanidine groups is 1. The number of sulfone groups is 1. The Bertz CT molecular complexity index is 521. The summed E-state index contributed by atoms with van der Waals surface area (Å²) in [5.41, 5.74) is 0. The van der Waals surface area contributed by atoms with Crippen molar-refractivity contribution in [1.82, 2.24) is 15.5 Å². The normalized spacial score (nSPS) is 18.1. The van der Waals surface area contributed by atoms with Gasteiger partial charge in [-0.1, -0.05) is 0 Å². The van der Waals surface area contributed by atoms with E-state index in [-0.39, 0.29) is 12.3 Å². The molecule has 0 amide bonds. The molecular weight excluding hydrogens is 352 g/mol. The van der Waals surface area contributed by atoms with Gasteiger partial charge in [0, 0.05) is 45.9 Å². The molecule has 7 nitrogen and oxygen atoms in total. The monoisotopic (exact) mass is 390 g/mol. The summed E-state index contributed by atoms with van der Waals surface area (Å²) in [5.74, 6) is 0.791. The number of ether oxygens (including phenoxy) is 1. The summed E-state index contributed by atoms with van der Waals surface area (Å²) in [5, 5.41) is 6.68. The number of hydrogen-bond acceptors (Lipinski definition) is 5. The number of aliphatic imine (C=N–C) groups is 1. The maximum Gasteiger partial charge on any atom is 0.191 e. The fraction of sp³-hybridized carbons (Fsp3) is 0.944. The first-order chi connectivity index (χ1) is 12.2. The van der Waals surface area contributed by atoms with Gasteiger partial charge in [0.1, 0.15) is 0 Å². The highest BCUT2D eigenvalue weighted by Gasteiger charge is 2.28. The van der Waals surface area contributed by atoms with Crippen molar-refractivity contribution in [3.05, 3.63) is 0 Å². The predicted molar refractivity (Wildman–Crippen MR) is 109 cm³/mol. The lowest BCUT2D eigenvalue weighted by molar-refractivity contribution is 0.155. The van der Waals surface area contributed by atoms with Gasteiger partial charge in [0.15, 0.2) is 15.8 Å². The van der Waals surface area contributed by atoms with Crippen molar-refractivity contribution in [3.63, 3.8) is 0 Å². The molecule has 0 aromatic heterocycles. The first kappa shape index (κ1) is 23.2. The van der Waals surface area contributed by atoms with Gasteiger partial charge in [0.05, 0.1) is 17.0 Å². The van der Waals surface area contributed by atoms with Gasteiger partial charge in [-0.3, -0.25) is 4.99 Å². The van der Waals surface area contributed by atoms with Crippen molar-refractivity contribution < 1.29 is 13.2 Å². The van der Waals surface area contributed by atoms with Crippen molar-refractivity contribution in [2.75, 3.05) is 52.2 Å². The number of nitrogens with one attached hydrogen (secondary N) is 2. The Balaban J connectivity index is 2.46. The highest BCUT2D eigenvalue weighted by atomic mass is 32.2. The maximum atomic E-state index is 12.2. The SMILES string of the molecule is CCNC(=NCCS(=O)(=O)C(C)(C)C)NC1CCN(CCCOC)CC1. The largest absolute Gasteiger partial charge is 0.385 e. The number of rotatable bonds is 9. The predicted octanol–water partition coefficient (Wildman–Crippen LogP) is 1.26. The van der Waals surface area contributed by atoms with Gasteiger partial charge < -0.3 is 20.3 Å². The second kappa shape index (κ2) is 11.1. The van der Waals surface area contributed by atoms with Crippen LogP contribution in [0.5, 0.6) is 0 Å². The van der Waals surface area contributed by atoms with E-state index < -0.39 is 14.6 Å². The fourth-order valence-corrected chi connectivity index (χ4v) is 3.77. The van der Waals surface area contributed by atoms with E-state index in [2.05, 4.69) is 20.5 Å². The van der Waals surface area contributed by atoms with Crippen LogP contribution in [0.3, 0.4) is 0 Å². The minimum Gasteiger partial charge on any atom is -0.385 e. The zero-order chi connectivity index (χ0) is 19.6. The van der Waals surface area contributed by atoms with E-state index in [0.29, 0.717) is 6.04 Å². The minimum atomic E-state index is -3.14. The molecule has 1 rings (SSSR count). The van der Waals surface area contributed by atoms with Crippen LogP contribution in [0.1, 0.15) is 47.0 Å². The Morgan fingerprint density at radius 3 is 2.46 bits per heavy atom. The van der Waals surface area contributed by atoms with Gasteiger partial charge >= 0.3 is 0 Å². The Morgan fingerprint density at radius 1 is 1.27 bits per heavy atom. The van der Waals surface area contributed by atoms with Gasteiger partial charge in [0.2, 0.25) is 0 Å². The summed E-state index contributed by atoms with van der Waals surface area (Å²) in [4.78, 5) is 6.94. The highest BCUT2D eigenvalue weighted by molar-refractivity contribution is 7.92. The molecule has 1 heterocycles. The maximum absolute atomic E-state index is 12.2. The smallest absolute Gasteiger partial charge is 0.191 e. The second-order valence-corrected chi connectivity index (χ2v) is 10.7. The van der Waals surface area contributed by atoms with Crippen LogP contribution in [0.2, 0.25) is 0 Å². The van der Waals surface area contributed by atoms with E-state index in [1.165, 1.54) is 0 Å². The molecule has 0 saturated carbocycles. The van der Waals surface area contributed by atoms with Crippen molar-refractivity contribution in [1.29, 1.82) is 0 Å². The Morgan fingerprint density at radius 2 is 1.92 bits per heavy atom. The minimum absolute atomic E-state index is 0.0744. The van der Waals surface area contributed by atoms with Crippen LogP contribution in [0, 0.1) is 0 Å². The van der Waals surface area contributed by atoms with Crippen molar-refractivity contribution >= 4 is 15.8 Å². The Kier molecular flexibility index (Phi) is 9.89. The Hall–Kier alpha value is -0.860. The molecule has 0 unspecified atom stereocenters. The topological polar surface area (TPSA) is 83.0 Å². The molecule has 0 spiro atoms. The third-order valence-electron chi connectivity index (χ3n) is 4.66. The summed E-state index contributed by atoms with van der Waals surface area (Å²) in [6, 6.07) is 0.380. The van der Waals surface area contributed by atoms with E-state index in [0.717, 1.165) is 58.0 Å². The molecule has 26 heavy (non-hydrogen) atoms. The molecule has 0 aliphatic carbocycles. The average molecular weight is 391 g/mol. The summed E-state index contributed by atoms with van der Waals surface area (Å²) < 4.78 is 28.8. The first-order valence-corrected chi connectivity index (χ1v) is 11.3. The van der Waals surface area contributed by atoms with Gasteiger partial charge in [0.25, 0.3) is 0 Å². The van der Waals surface area contributed by atoms with Crippen molar-refractivity contribution in [2.24, 2.45) is 4.99 Å². The van der Waals surface area contributed by atoms with Crippen LogP contribution in [0.15, 0.2) is 4.99 Å². The van der Waals surface area contributed by atoms with Crippen molar-refractivity contribution in [3.8, 4) is 0 Å². The molecule has 1 aliphatic heterocycles. The van der Waals surface area contributed by atoms with Gasteiger partial charge in [-0.2, -0.15) is 0 Å². The van der Waals surface area contributed by atoms with Crippen LogP contribution < -0.4 is 10.6 Å². The van der Waals surface area contributed by atoms with E-state index in [4.69, 9.17) is 4.74 Å². The molecule has 0 aromatic rings. The number of piperidine rings is 1. The summed E-state index contributed by atoms with van der Waals surface area (Å²) in [6.07, 6.45) is 3.20. The van der Waals surface area contributed by atoms with Gasteiger partial charge in [-0.25, -0.2) is 8.42 Å². The quantitative estimate of drug-likeness (QED) is 0.350. The van der Waals surface area contributed by atoms with E-state index in [9.17, 15) is 8.42 Å². The summed E-state index contributed by atoms with van der Waals surface area (Å²) in [7, 11) is -1.40. The number of methoxy groups -OCH3 is 1. The molecular formula is C18H38N4O3S. The summed E-state index contributed by atoms with van der Waals surface area (Å²) in [6.45, 7) is 12.3. The molecule has 0 aromatic carbocycles. The third kappa shape index (κ3) is 8.22. The van der Waals surface area contributed by atoms with Crippen LogP contribution >= 0.6 is 0 Å². The molecule has 154 valence electrons. The number of hydrogen-bond donors (Lipinski definition) is 2. The Labute approximate surface area is 159 Å². The number of nitrogens with zero attached hydrogens (tertiary/aromatic N) is 2. The van der Waals surface area contributed by atoms with Crippen LogP contribution in [0.25, 0.3) is 0 Å². The van der Waals surface area contributed by atoms with Gasteiger partial charge in [-0.05, 0) is 47.0 Å². The molecule has 0 atom stereocenters. The van der Waals surface area contributed by atoms with Crippen LogP contribution in [0.4, 0.5) is 0 Å². The molecule has 8 heteroatoms. The molecule has 0 radical (unpaired) electrons. The molecule has 1 aliphatic rings.